The minimum atomic E-state index is 0.128. The minimum absolute atomic E-state index is 0.128. The summed E-state index contributed by atoms with van der Waals surface area (Å²) < 4.78 is 0. The second kappa shape index (κ2) is 6.22. The zero-order valence-electron chi connectivity index (χ0n) is 12.4. The molecule has 1 saturated heterocycles. The normalized spacial score (nSPS) is 16.0. The number of carbonyl (C=O) groups is 1. The molecule has 0 unspecified atom stereocenters. The fourth-order valence-corrected chi connectivity index (χ4v) is 3.12. The summed E-state index contributed by atoms with van der Waals surface area (Å²) in [6, 6.07) is 10.0. The van der Waals surface area contributed by atoms with Gasteiger partial charge in [-0.3, -0.25) is 9.78 Å². The number of nitrogens with one attached hydrogen (secondary N) is 1. The molecule has 0 bridgehead atoms. The number of para-hydroxylation sites is 1. The van der Waals surface area contributed by atoms with Crippen molar-refractivity contribution >= 4 is 16.8 Å². The first-order valence-electron chi connectivity index (χ1n) is 7.66. The van der Waals surface area contributed by atoms with Gasteiger partial charge in [-0.15, -0.1) is 0 Å². The molecule has 4 nitrogen and oxygen atoms in total. The summed E-state index contributed by atoms with van der Waals surface area (Å²) in [6.45, 7) is 4.79. The Bertz CT molecular complexity index is 629. The topological polar surface area (TPSA) is 45.2 Å². The minimum Gasteiger partial charge on any atom is -0.336 e. The van der Waals surface area contributed by atoms with Gasteiger partial charge >= 0.3 is 0 Å². The Morgan fingerprint density at radius 1 is 1.29 bits per heavy atom. The molecular formula is C17H21N3O. The van der Waals surface area contributed by atoms with Crippen molar-refractivity contribution in [3.8, 4) is 0 Å². The van der Waals surface area contributed by atoms with Crippen LogP contribution in [0, 0.1) is 0 Å². The number of benzene rings is 1. The molecule has 0 radical (unpaired) electrons. The number of amides is 1. The Hall–Kier alpha value is -1.94. The summed E-state index contributed by atoms with van der Waals surface area (Å²) in [4.78, 5) is 19.3. The highest BCUT2D eigenvalue weighted by Crippen LogP contribution is 2.21. The Morgan fingerprint density at radius 3 is 2.81 bits per heavy atom. The fourth-order valence-electron chi connectivity index (χ4n) is 3.12. The average Bonchev–Trinajstić information content (AvgIpc) is 2.56. The van der Waals surface area contributed by atoms with Gasteiger partial charge in [0.2, 0.25) is 0 Å². The van der Waals surface area contributed by atoms with E-state index in [-0.39, 0.29) is 5.91 Å². The summed E-state index contributed by atoms with van der Waals surface area (Å²) in [5.74, 6) is 0.128. The number of aromatic nitrogens is 1. The predicted octanol–water partition coefficient (Wildman–Crippen LogP) is 2.45. The zero-order chi connectivity index (χ0) is 14.7. The lowest BCUT2D eigenvalue weighted by Gasteiger charge is -2.34. The third-order valence-corrected chi connectivity index (χ3v) is 4.23. The van der Waals surface area contributed by atoms with Crippen LogP contribution in [0.5, 0.6) is 0 Å². The predicted molar refractivity (Wildman–Crippen MR) is 84.3 cm³/mol. The Labute approximate surface area is 125 Å². The fraction of sp³-hybridized carbons (Fsp3) is 0.412. The molecule has 110 valence electrons. The van der Waals surface area contributed by atoms with Crippen molar-refractivity contribution in [3.63, 3.8) is 0 Å². The van der Waals surface area contributed by atoms with Crippen LogP contribution in [0.3, 0.4) is 0 Å². The number of piperidine rings is 1. The SMILES string of the molecule is CCN(C(=O)c1ccnc2ccccc12)C1CCNCC1. The van der Waals surface area contributed by atoms with Crippen molar-refractivity contribution < 1.29 is 4.79 Å². The van der Waals surface area contributed by atoms with E-state index >= 15 is 0 Å². The summed E-state index contributed by atoms with van der Waals surface area (Å²) in [7, 11) is 0. The van der Waals surface area contributed by atoms with Gasteiger partial charge in [0, 0.05) is 24.2 Å². The molecule has 3 rings (SSSR count). The second-order valence-corrected chi connectivity index (χ2v) is 5.45. The lowest BCUT2D eigenvalue weighted by Crippen LogP contribution is -2.46. The third kappa shape index (κ3) is 2.76. The number of fused-ring (bicyclic) bond motifs is 1. The number of hydrogen-bond acceptors (Lipinski definition) is 3. The van der Waals surface area contributed by atoms with Crippen molar-refractivity contribution in [1.82, 2.24) is 15.2 Å². The van der Waals surface area contributed by atoms with E-state index < -0.39 is 0 Å². The molecule has 2 heterocycles. The van der Waals surface area contributed by atoms with Gasteiger partial charge in [0.1, 0.15) is 0 Å². The van der Waals surface area contributed by atoms with Crippen molar-refractivity contribution in [2.24, 2.45) is 0 Å². The number of rotatable bonds is 3. The van der Waals surface area contributed by atoms with E-state index in [0.717, 1.165) is 48.9 Å². The number of pyridine rings is 1. The van der Waals surface area contributed by atoms with Crippen molar-refractivity contribution in [2.75, 3.05) is 19.6 Å². The van der Waals surface area contributed by atoms with Gasteiger partial charge in [0.05, 0.1) is 11.1 Å². The summed E-state index contributed by atoms with van der Waals surface area (Å²) in [5, 5.41) is 4.30. The summed E-state index contributed by atoms with van der Waals surface area (Å²) in [6.07, 6.45) is 3.79. The van der Waals surface area contributed by atoms with E-state index in [1.165, 1.54) is 0 Å². The summed E-state index contributed by atoms with van der Waals surface area (Å²) >= 11 is 0. The van der Waals surface area contributed by atoms with Gasteiger partial charge in [-0.1, -0.05) is 18.2 Å². The molecule has 4 heteroatoms. The van der Waals surface area contributed by atoms with Gasteiger partial charge in [0.15, 0.2) is 0 Å². The van der Waals surface area contributed by atoms with Crippen LogP contribution in [-0.2, 0) is 0 Å². The number of carbonyl (C=O) groups excluding carboxylic acids is 1. The first kappa shape index (κ1) is 14.0. The van der Waals surface area contributed by atoms with E-state index in [0.29, 0.717) is 6.04 Å². The van der Waals surface area contributed by atoms with Gasteiger partial charge in [-0.05, 0) is 45.0 Å². The van der Waals surface area contributed by atoms with Gasteiger partial charge in [-0.2, -0.15) is 0 Å². The Morgan fingerprint density at radius 2 is 2.05 bits per heavy atom. The van der Waals surface area contributed by atoms with Crippen molar-refractivity contribution in [1.29, 1.82) is 0 Å². The molecule has 1 aromatic heterocycles. The van der Waals surface area contributed by atoms with E-state index in [2.05, 4.69) is 17.2 Å². The monoisotopic (exact) mass is 283 g/mol. The molecule has 1 amide bonds. The highest BCUT2D eigenvalue weighted by molar-refractivity contribution is 6.06. The Balaban J connectivity index is 1.94. The van der Waals surface area contributed by atoms with Crippen molar-refractivity contribution in [2.45, 2.75) is 25.8 Å². The molecule has 1 aromatic carbocycles. The maximum absolute atomic E-state index is 13.0. The number of hydrogen-bond donors (Lipinski definition) is 1. The van der Waals surface area contributed by atoms with Crippen LogP contribution >= 0.6 is 0 Å². The smallest absolute Gasteiger partial charge is 0.254 e. The van der Waals surface area contributed by atoms with Crippen LogP contribution in [0.4, 0.5) is 0 Å². The van der Waals surface area contributed by atoms with Gasteiger partial charge in [0.25, 0.3) is 5.91 Å². The van der Waals surface area contributed by atoms with Crippen LogP contribution < -0.4 is 5.32 Å². The summed E-state index contributed by atoms with van der Waals surface area (Å²) in [5.41, 5.74) is 1.64. The van der Waals surface area contributed by atoms with E-state index in [1.54, 1.807) is 6.20 Å². The molecule has 1 N–H and O–H groups in total. The van der Waals surface area contributed by atoms with E-state index in [9.17, 15) is 4.79 Å². The highest BCUT2D eigenvalue weighted by Gasteiger charge is 2.25. The molecule has 1 fully saturated rings. The van der Waals surface area contributed by atoms with E-state index in [4.69, 9.17) is 0 Å². The van der Waals surface area contributed by atoms with Crippen LogP contribution in [-0.4, -0.2) is 41.5 Å². The zero-order valence-corrected chi connectivity index (χ0v) is 12.4. The maximum Gasteiger partial charge on any atom is 0.254 e. The molecule has 0 spiro atoms. The maximum atomic E-state index is 13.0. The molecule has 1 aliphatic rings. The molecule has 0 aliphatic carbocycles. The lowest BCUT2D eigenvalue weighted by molar-refractivity contribution is 0.0658. The van der Waals surface area contributed by atoms with Gasteiger partial charge < -0.3 is 10.2 Å². The molecule has 0 atom stereocenters. The largest absolute Gasteiger partial charge is 0.336 e. The van der Waals surface area contributed by atoms with Crippen LogP contribution in [0.2, 0.25) is 0 Å². The van der Waals surface area contributed by atoms with Gasteiger partial charge in [-0.25, -0.2) is 0 Å². The molecule has 2 aromatic rings. The van der Waals surface area contributed by atoms with Crippen molar-refractivity contribution in [3.05, 3.63) is 42.1 Å². The first-order valence-corrected chi connectivity index (χ1v) is 7.66. The van der Waals surface area contributed by atoms with E-state index in [1.807, 2.05) is 35.2 Å². The highest BCUT2D eigenvalue weighted by atomic mass is 16.2. The molecular weight excluding hydrogens is 262 g/mol. The second-order valence-electron chi connectivity index (χ2n) is 5.45. The standard InChI is InChI=1S/C17H21N3O/c1-2-20(13-7-10-18-11-8-13)17(21)15-9-12-19-16-6-4-3-5-14(15)16/h3-6,9,12-13,18H,2,7-8,10-11H2,1H3. The van der Waals surface area contributed by atoms with Crippen LogP contribution in [0.15, 0.2) is 36.5 Å². The molecule has 21 heavy (non-hydrogen) atoms. The third-order valence-electron chi connectivity index (χ3n) is 4.23. The van der Waals surface area contributed by atoms with Crippen LogP contribution in [0.1, 0.15) is 30.1 Å². The Kier molecular flexibility index (Phi) is 4.15. The molecule has 0 saturated carbocycles. The lowest BCUT2D eigenvalue weighted by atomic mass is 10.0. The average molecular weight is 283 g/mol. The molecule has 1 aliphatic heterocycles. The quantitative estimate of drug-likeness (QED) is 0.941. The number of nitrogens with zero attached hydrogens (tertiary/aromatic N) is 2. The first-order chi connectivity index (χ1) is 10.3. The van der Waals surface area contributed by atoms with Crippen LogP contribution in [0.25, 0.3) is 10.9 Å².